The highest BCUT2D eigenvalue weighted by Gasteiger charge is 2.29. The van der Waals surface area contributed by atoms with Gasteiger partial charge in [0, 0.05) is 39.3 Å². The molecule has 152 valence electrons. The van der Waals surface area contributed by atoms with Gasteiger partial charge < -0.3 is 19.7 Å². The summed E-state index contributed by atoms with van der Waals surface area (Å²) in [7, 11) is 0. The third-order valence-corrected chi connectivity index (χ3v) is 4.91. The van der Waals surface area contributed by atoms with Crippen molar-refractivity contribution in [3.63, 3.8) is 0 Å². The zero-order valence-electron chi connectivity index (χ0n) is 15.9. The van der Waals surface area contributed by atoms with E-state index in [9.17, 15) is 10.1 Å². The first-order valence-electron chi connectivity index (χ1n) is 9.35. The molecule has 1 aromatic carbocycles. The van der Waals surface area contributed by atoms with Crippen molar-refractivity contribution in [2.24, 2.45) is 0 Å². The van der Waals surface area contributed by atoms with Crippen molar-refractivity contribution in [1.29, 1.82) is 0 Å². The summed E-state index contributed by atoms with van der Waals surface area (Å²) >= 11 is 0. The van der Waals surface area contributed by atoms with Gasteiger partial charge in [0.05, 0.1) is 4.92 Å². The topological polar surface area (TPSA) is 106 Å². The van der Waals surface area contributed by atoms with Crippen LogP contribution in [0, 0.1) is 10.1 Å². The van der Waals surface area contributed by atoms with E-state index < -0.39 is 4.92 Å². The van der Waals surface area contributed by atoms with Crippen LogP contribution < -0.4 is 19.7 Å². The minimum absolute atomic E-state index is 0.0985. The summed E-state index contributed by atoms with van der Waals surface area (Å²) in [6.45, 7) is 7.87. The molecule has 3 heterocycles. The number of hydrogen-bond acceptors (Lipinski definition) is 9. The molecule has 4 rings (SSSR count). The van der Waals surface area contributed by atoms with E-state index in [1.807, 2.05) is 23.1 Å². The number of aromatic nitrogens is 2. The Morgan fingerprint density at radius 3 is 2.76 bits per heavy atom. The van der Waals surface area contributed by atoms with Crippen LogP contribution in [0.2, 0.25) is 0 Å². The molecule has 0 spiro atoms. The lowest BCUT2D eigenvalue weighted by atomic mass is 10.1. The van der Waals surface area contributed by atoms with Gasteiger partial charge >= 0.3 is 5.69 Å². The van der Waals surface area contributed by atoms with Crippen LogP contribution in [-0.2, 0) is 6.54 Å². The molecule has 1 fully saturated rings. The zero-order valence-corrected chi connectivity index (χ0v) is 15.9. The molecular formula is C19H22N6O4. The number of fused-ring (bicyclic) bond motifs is 1. The number of benzene rings is 1. The molecule has 0 atom stereocenters. The van der Waals surface area contributed by atoms with Crippen molar-refractivity contribution in [3.8, 4) is 11.5 Å². The van der Waals surface area contributed by atoms with E-state index in [1.165, 1.54) is 6.33 Å². The van der Waals surface area contributed by atoms with Crippen LogP contribution in [0.15, 0.2) is 37.2 Å². The van der Waals surface area contributed by atoms with Gasteiger partial charge in [-0.15, -0.1) is 6.58 Å². The number of nitrogens with one attached hydrogen (secondary N) is 1. The first kappa shape index (κ1) is 18.9. The third-order valence-electron chi connectivity index (χ3n) is 4.91. The van der Waals surface area contributed by atoms with Gasteiger partial charge in [-0.1, -0.05) is 12.1 Å². The molecule has 2 aromatic rings. The standard InChI is InChI=1S/C19H22N6O4/c1-2-5-20-18-17(25(26)27)19(22-12-21-18)24-8-6-23(7-9-24)11-14-3-4-15-16(10-14)29-13-28-15/h2-4,10,12H,1,5-9,11,13H2,(H,20,21,22). The number of hydrogen-bond donors (Lipinski definition) is 1. The van der Waals surface area contributed by atoms with Crippen molar-refractivity contribution < 1.29 is 14.4 Å². The molecule has 0 radical (unpaired) electrons. The van der Waals surface area contributed by atoms with Crippen molar-refractivity contribution in [1.82, 2.24) is 14.9 Å². The Balaban J connectivity index is 1.43. The zero-order chi connectivity index (χ0) is 20.2. The van der Waals surface area contributed by atoms with Crippen LogP contribution >= 0.6 is 0 Å². The van der Waals surface area contributed by atoms with Gasteiger partial charge in [0.25, 0.3) is 0 Å². The van der Waals surface area contributed by atoms with Gasteiger partial charge in [0.2, 0.25) is 18.4 Å². The number of nitrogens with zero attached hydrogens (tertiary/aromatic N) is 5. The molecule has 1 saturated heterocycles. The van der Waals surface area contributed by atoms with Gasteiger partial charge in [-0.2, -0.15) is 0 Å². The van der Waals surface area contributed by atoms with Gasteiger partial charge in [0.15, 0.2) is 11.5 Å². The summed E-state index contributed by atoms with van der Waals surface area (Å²) < 4.78 is 10.8. The largest absolute Gasteiger partial charge is 0.454 e. The molecule has 0 saturated carbocycles. The third kappa shape index (κ3) is 4.06. The molecule has 0 bridgehead atoms. The molecule has 29 heavy (non-hydrogen) atoms. The molecule has 2 aliphatic heterocycles. The summed E-state index contributed by atoms with van der Waals surface area (Å²) in [5.74, 6) is 2.11. The van der Waals surface area contributed by atoms with E-state index in [-0.39, 0.29) is 18.3 Å². The fourth-order valence-electron chi connectivity index (χ4n) is 3.48. The van der Waals surface area contributed by atoms with Crippen LogP contribution in [0.1, 0.15) is 5.56 Å². The predicted molar refractivity (Wildman–Crippen MR) is 107 cm³/mol. The lowest BCUT2D eigenvalue weighted by Crippen LogP contribution is -2.46. The summed E-state index contributed by atoms with van der Waals surface area (Å²) in [5.41, 5.74) is 1.05. The Labute approximate surface area is 167 Å². The summed E-state index contributed by atoms with van der Waals surface area (Å²) in [6, 6.07) is 5.96. The number of anilines is 2. The van der Waals surface area contributed by atoms with Crippen molar-refractivity contribution in [3.05, 3.63) is 52.9 Å². The van der Waals surface area contributed by atoms with Gasteiger partial charge in [-0.25, -0.2) is 9.97 Å². The number of rotatable bonds is 7. The normalized spacial score (nSPS) is 15.9. The van der Waals surface area contributed by atoms with Crippen LogP contribution in [0.3, 0.4) is 0 Å². The second-order valence-electron chi connectivity index (χ2n) is 6.77. The number of piperazine rings is 1. The fourth-order valence-corrected chi connectivity index (χ4v) is 3.48. The summed E-state index contributed by atoms with van der Waals surface area (Å²) in [6.07, 6.45) is 2.98. The molecule has 1 N–H and O–H groups in total. The van der Waals surface area contributed by atoms with Crippen LogP contribution in [0.5, 0.6) is 11.5 Å². The van der Waals surface area contributed by atoms with E-state index in [4.69, 9.17) is 9.47 Å². The Morgan fingerprint density at radius 1 is 1.21 bits per heavy atom. The Bertz CT molecular complexity index is 914. The second kappa shape index (κ2) is 8.31. The van der Waals surface area contributed by atoms with E-state index in [1.54, 1.807) is 6.08 Å². The quantitative estimate of drug-likeness (QED) is 0.426. The Hall–Kier alpha value is -3.40. The van der Waals surface area contributed by atoms with Gasteiger partial charge in [-0.05, 0) is 17.7 Å². The van der Waals surface area contributed by atoms with Gasteiger partial charge in [0.1, 0.15) is 6.33 Å². The monoisotopic (exact) mass is 398 g/mol. The molecular weight excluding hydrogens is 376 g/mol. The summed E-state index contributed by atoms with van der Waals surface area (Å²) in [4.78, 5) is 23.7. The predicted octanol–water partition coefficient (Wildman–Crippen LogP) is 2.03. The molecule has 10 nitrogen and oxygen atoms in total. The highest BCUT2D eigenvalue weighted by Crippen LogP contribution is 2.34. The second-order valence-corrected chi connectivity index (χ2v) is 6.77. The molecule has 1 aromatic heterocycles. The van der Waals surface area contributed by atoms with Gasteiger partial charge in [-0.3, -0.25) is 15.0 Å². The van der Waals surface area contributed by atoms with Crippen LogP contribution in [-0.4, -0.2) is 59.3 Å². The average Bonchev–Trinajstić information content (AvgIpc) is 3.20. The van der Waals surface area contributed by atoms with Crippen LogP contribution in [0.4, 0.5) is 17.3 Å². The Kier molecular flexibility index (Phi) is 5.43. The maximum atomic E-state index is 11.6. The highest BCUT2D eigenvalue weighted by atomic mass is 16.7. The lowest BCUT2D eigenvalue weighted by molar-refractivity contribution is -0.383. The summed E-state index contributed by atoms with van der Waals surface area (Å²) in [5, 5.41) is 14.6. The molecule has 0 amide bonds. The Morgan fingerprint density at radius 2 is 2.00 bits per heavy atom. The first-order chi connectivity index (χ1) is 14.2. The van der Waals surface area contributed by atoms with Crippen molar-refractivity contribution >= 4 is 17.3 Å². The highest BCUT2D eigenvalue weighted by molar-refractivity contribution is 5.70. The number of nitro groups is 1. The van der Waals surface area contributed by atoms with E-state index >= 15 is 0 Å². The van der Waals surface area contributed by atoms with Crippen molar-refractivity contribution in [2.75, 3.05) is 49.7 Å². The smallest absolute Gasteiger partial charge is 0.353 e. The molecule has 10 heteroatoms. The fraction of sp³-hybridized carbons (Fsp3) is 0.368. The lowest BCUT2D eigenvalue weighted by Gasteiger charge is -2.35. The maximum Gasteiger partial charge on any atom is 0.353 e. The first-order valence-corrected chi connectivity index (χ1v) is 9.35. The average molecular weight is 398 g/mol. The minimum Gasteiger partial charge on any atom is -0.454 e. The van der Waals surface area contributed by atoms with E-state index in [2.05, 4.69) is 26.8 Å². The van der Waals surface area contributed by atoms with E-state index in [0.717, 1.165) is 36.7 Å². The minimum atomic E-state index is -0.431. The molecule has 2 aliphatic rings. The van der Waals surface area contributed by atoms with E-state index in [0.29, 0.717) is 25.5 Å². The van der Waals surface area contributed by atoms with Crippen molar-refractivity contribution in [2.45, 2.75) is 6.54 Å². The molecule has 0 aliphatic carbocycles. The van der Waals surface area contributed by atoms with Crippen LogP contribution in [0.25, 0.3) is 0 Å². The number of ether oxygens (including phenoxy) is 2. The maximum absolute atomic E-state index is 11.6. The molecule has 0 unspecified atom stereocenters. The SMILES string of the molecule is C=CCNc1ncnc(N2CCN(Cc3ccc4c(c3)OCO4)CC2)c1[N+](=O)[O-].